The Morgan fingerprint density at radius 2 is 2.14 bits per heavy atom. The average molecular weight is 291 g/mol. The summed E-state index contributed by atoms with van der Waals surface area (Å²) in [6.07, 6.45) is 1.12. The maximum Gasteiger partial charge on any atom is 0.306 e. The van der Waals surface area contributed by atoms with Crippen molar-refractivity contribution in [2.24, 2.45) is 10.9 Å². The number of anilines is 1. The summed E-state index contributed by atoms with van der Waals surface area (Å²) in [6, 6.07) is 5.11. The van der Waals surface area contributed by atoms with Gasteiger partial charge in [-0.1, -0.05) is 0 Å². The number of rotatable bonds is 3. The van der Waals surface area contributed by atoms with Crippen LogP contribution < -0.4 is 10.2 Å². The highest BCUT2D eigenvalue weighted by Gasteiger charge is 2.26. The van der Waals surface area contributed by atoms with Gasteiger partial charge < -0.3 is 15.3 Å². The zero-order chi connectivity index (χ0) is 14.8. The van der Waals surface area contributed by atoms with Crippen LogP contribution in [0, 0.1) is 11.7 Å². The van der Waals surface area contributed by atoms with Crippen molar-refractivity contribution in [1.82, 2.24) is 5.32 Å². The number of hydrogen-bond acceptors (Lipinski definition) is 4. The number of nitrogens with zero attached hydrogens (tertiary/aromatic N) is 2. The molecular formula is C15H18FN3O2. The van der Waals surface area contributed by atoms with Crippen molar-refractivity contribution in [1.29, 1.82) is 0 Å². The van der Waals surface area contributed by atoms with Crippen LogP contribution in [-0.2, 0) is 4.79 Å². The monoisotopic (exact) mass is 291 g/mol. The first-order valence-corrected chi connectivity index (χ1v) is 7.21. The molecule has 5 nitrogen and oxygen atoms in total. The van der Waals surface area contributed by atoms with Gasteiger partial charge in [0.1, 0.15) is 11.7 Å². The minimum absolute atomic E-state index is 0.280. The summed E-state index contributed by atoms with van der Waals surface area (Å²) in [7, 11) is 0. The highest BCUT2D eigenvalue weighted by atomic mass is 19.1. The summed E-state index contributed by atoms with van der Waals surface area (Å²) >= 11 is 0. The van der Waals surface area contributed by atoms with E-state index in [2.05, 4.69) is 10.3 Å². The molecule has 2 aliphatic heterocycles. The molecule has 0 saturated carbocycles. The van der Waals surface area contributed by atoms with Gasteiger partial charge in [-0.05, 0) is 31.0 Å². The topological polar surface area (TPSA) is 64.9 Å². The second kappa shape index (κ2) is 5.71. The Morgan fingerprint density at radius 3 is 2.71 bits per heavy atom. The van der Waals surface area contributed by atoms with Crippen LogP contribution in [0.4, 0.5) is 10.1 Å². The number of piperidine rings is 1. The van der Waals surface area contributed by atoms with Crippen molar-refractivity contribution in [3.8, 4) is 0 Å². The molecular weight excluding hydrogens is 273 g/mol. The lowest BCUT2D eigenvalue weighted by molar-refractivity contribution is -0.142. The van der Waals surface area contributed by atoms with E-state index in [0.717, 1.165) is 24.5 Å². The zero-order valence-corrected chi connectivity index (χ0v) is 11.7. The first-order chi connectivity index (χ1) is 10.1. The van der Waals surface area contributed by atoms with Crippen LogP contribution in [0.1, 0.15) is 18.4 Å². The molecule has 21 heavy (non-hydrogen) atoms. The van der Waals surface area contributed by atoms with Crippen molar-refractivity contribution < 1.29 is 14.3 Å². The highest BCUT2D eigenvalue weighted by Crippen LogP contribution is 2.26. The largest absolute Gasteiger partial charge is 0.481 e. The van der Waals surface area contributed by atoms with Crippen LogP contribution in [0.25, 0.3) is 0 Å². The fourth-order valence-corrected chi connectivity index (χ4v) is 2.87. The third kappa shape index (κ3) is 2.84. The van der Waals surface area contributed by atoms with E-state index >= 15 is 0 Å². The van der Waals surface area contributed by atoms with Gasteiger partial charge >= 0.3 is 5.97 Å². The SMILES string of the molecule is O=C(O)C1CCN(c2ccc(C3=NCCN3)cc2F)CC1. The van der Waals surface area contributed by atoms with Gasteiger partial charge in [-0.15, -0.1) is 0 Å². The van der Waals surface area contributed by atoms with Gasteiger partial charge in [0.25, 0.3) is 0 Å². The average Bonchev–Trinajstić information content (AvgIpc) is 3.01. The molecule has 3 rings (SSSR count). The molecule has 0 radical (unpaired) electrons. The smallest absolute Gasteiger partial charge is 0.306 e. The molecule has 0 spiro atoms. The third-order valence-corrected chi connectivity index (χ3v) is 4.08. The van der Waals surface area contributed by atoms with E-state index in [1.54, 1.807) is 6.07 Å². The van der Waals surface area contributed by atoms with Crippen molar-refractivity contribution in [2.45, 2.75) is 12.8 Å². The first-order valence-electron chi connectivity index (χ1n) is 7.21. The number of benzene rings is 1. The van der Waals surface area contributed by atoms with Crippen molar-refractivity contribution in [3.63, 3.8) is 0 Å². The van der Waals surface area contributed by atoms with E-state index < -0.39 is 5.97 Å². The molecule has 0 aliphatic carbocycles. The molecule has 1 fully saturated rings. The third-order valence-electron chi connectivity index (χ3n) is 4.08. The minimum atomic E-state index is -0.754. The Bertz CT molecular complexity index is 580. The van der Waals surface area contributed by atoms with Crippen molar-refractivity contribution in [2.75, 3.05) is 31.1 Å². The van der Waals surface area contributed by atoms with Crippen LogP contribution in [0.5, 0.6) is 0 Å². The number of aliphatic imine (C=N–C) groups is 1. The highest BCUT2D eigenvalue weighted by molar-refractivity contribution is 6.00. The Hall–Kier alpha value is -2.11. The lowest BCUT2D eigenvalue weighted by Gasteiger charge is -2.32. The maximum absolute atomic E-state index is 14.3. The summed E-state index contributed by atoms with van der Waals surface area (Å²) in [4.78, 5) is 17.1. The van der Waals surface area contributed by atoms with Crippen LogP contribution in [-0.4, -0.2) is 43.1 Å². The first kappa shape index (κ1) is 13.9. The standard InChI is InChI=1S/C15H18FN3O2/c16-12-9-11(14-17-5-6-18-14)1-2-13(12)19-7-3-10(4-8-19)15(20)21/h1-2,9-10H,3-8H2,(H,17,18)(H,20,21). The molecule has 0 amide bonds. The number of carbonyl (C=O) groups is 1. The summed E-state index contributed by atoms with van der Waals surface area (Å²) in [5.41, 5.74) is 1.30. The number of aliphatic carboxylic acids is 1. The second-order valence-corrected chi connectivity index (χ2v) is 5.42. The van der Waals surface area contributed by atoms with Gasteiger partial charge in [-0.2, -0.15) is 0 Å². The summed E-state index contributed by atoms with van der Waals surface area (Å²) in [5.74, 6) is -0.598. The van der Waals surface area contributed by atoms with Gasteiger partial charge in [-0.3, -0.25) is 9.79 Å². The molecule has 2 heterocycles. The Balaban J connectivity index is 1.73. The van der Waals surface area contributed by atoms with Gasteiger partial charge in [0.15, 0.2) is 0 Å². The molecule has 0 bridgehead atoms. The van der Waals surface area contributed by atoms with E-state index in [1.165, 1.54) is 6.07 Å². The van der Waals surface area contributed by atoms with Crippen LogP contribution >= 0.6 is 0 Å². The Morgan fingerprint density at radius 1 is 1.38 bits per heavy atom. The molecule has 1 aromatic rings. The molecule has 6 heteroatoms. The quantitative estimate of drug-likeness (QED) is 0.885. The second-order valence-electron chi connectivity index (χ2n) is 5.42. The Labute approximate surface area is 122 Å². The fourth-order valence-electron chi connectivity index (χ4n) is 2.87. The van der Waals surface area contributed by atoms with Crippen LogP contribution in [0.15, 0.2) is 23.2 Å². The van der Waals surface area contributed by atoms with Crippen LogP contribution in [0.2, 0.25) is 0 Å². The summed E-state index contributed by atoms with van der Waals surface area (Å²) in [6.45, 7) is 2.67. The van der Waals surface area contributed by atoms with E-state index in [-0.39, 0.29) is 11.7 Å². The van der Waals surface area contributed by atoms with E-state index in [1.807, 2.05) is 11.0 Å². The summed E-state index contributed by atoms with van der Waals surface area (Å²) in [5, 5.41) is 12.1. The molecule has 0 atom stereocenters. The lowest BCUT2D eigenvalue weighted by atomic mass is 9.96. The van der Waals surface area contributed by atoms with Gasteiger partial charge in [-0.25, -0.2) is 4.39 Å². The van der Waals surface area contributed by atoms with Crippen molar-refractivity contribution in [3.05, 3.63) is 29.6 Å². The molecule has 1 saturated heterocycles. The fraction of sp³-hybridized carbons (Fsp3) is 0.467. The number of halogens is 1. The zero-order valence-electron chi connectivity index (χ0n) is 11.7. The van der Waals surface area contributed by atoms with E-state index in [4.69, 9.17) is 5.11 Å². The predicted molar refractivity (Wildman–Crippen MR) is 78.4 cm³/mol. The normalized spacial score (nSPS) is 19.3. The van der Waals surface area contributed by atoms with E-state index in [9.17, 15) is 9.18 Å². The Kier molecular flexibility index (Phi) is 3.77. The molecule has 2 N–H and O–H groups in total. The van der Waals surface area contributed by atoms with Gasteiger partial charge in [0.05, 0.1) is 18.2 Å². The summed E-state index contributed by atoms with van der Waals surface area (Å²) < 4.78 is 14.3. The number of nitrogens with one attached hydrogen (secondary N) is 1. The number of carboxylic acid groups (broad SMARTS) is 1. The molecule has 0 unspecified atom stereocenters. The predicted octanol–water partition coefficient (Wildman–Crippen LogP) is 1.48. The number of carboxylic acids is 1. The van der Waals surface area contributed by atoms with Gasteiger partial charge in [0, 0.05) is 25.2 Å². The molecule has 112 valence electrons. The molecule has 0 aromatic heterocycles. The molecule has 1 aromatic carbocycles. The van der Waals surface area contributed by atoms with E-state index in [0.29, 0.717) is 31.6 Å². The molecule has 2 aliphatic rings. The van der Waals surface area contributed by atoms with Gasteiger partial charge in [0.2, 0.25) is 0 Å². The minimum Gasteiger partial charge on any atom is -0.481 e. The van der Waals surface area contributed by atoms with Crippen molar-refractivity contribution >= 4 is 17.5 Å². The maximum atomic E-state index is 14.3. The van der Waals surface area contributed by atoms with Crippen LogP contribution in [0.3, 0.4) is 0 Å². The number of hydrogen-bond donors (Lipinski definition) is 2. The lowest BCUT2D eigenvalue weighted by Crippen LogP contribution is -2.36. The number of amidine groups is 1.